The monoisotopic (exact) mass is 270 g/mol. The Morgan fingerprint density at radius 2 is 2.05 bits per heavy atom. The molecule has 1 fully saturated rings. The molecule has 3 atom stereocenters. The molecule has 0 amide bonds. The minimum Gasteiger partial charge on any atom is -0.394 e. The van der Waals surface area contributed by atoms with Crippen molar-refractivity contribution in [1.29, 1.82) is 0 Å². The fourth-order valence-corrected chi connectivity index (χ4v) is 3.35. The van der Waals surface area contributed by atoms with Crippen LogP contribution in [0.4, 0.5) is 0 Å². The topological polar surface area (TPSA) is 35.5 Å². The van der Waals surface area contributed by atoms with Gasteiger partial charge in [0.1, 0.15) is 0 Å². The van der Waals surface area contributed by atoms with Crippen molar-refractivity contribution < 1.29 is 5.11 Å². The zero-order valence-electron chi connectivity index (χ0n) is 13.4. The summed E-state index contributed by atoms with van der Waals surface area (Å²) in [4.78, 5) is 2.61. The van der Waals surface area contributed by atoms with Crippen molar-refractivity contribution in [3.05, 3.63) is 0 Å². The van der Waals surface area contributed by atoms with Crippen LogP contribution in [-0.2, 0) is 0 Å². The lowest BCUT2D eigenvalue weighted by Gasteiger charge is -2.33. The quantitative estimate of drug-likeness (QED) is 0.676. The first-order valence-electron chi connectivity index (χ1n) is 8.16. The van der Waals surface area contributed by atoms with E-state index in [9.17, 15) is 5.11 Å². The lowest BCUT2D eigenvalue weighted by molar-refractivity contribution is 0.137. The first-order valence-corrected chi connectivity index (χ1v) is 8.16. The number of aliphatic hydroxyl groups excluding tert-OH is 1. The molecule has 114 valence electrons. The third-order valence-corrected chi connectivity index (χ3v) is 4.74. The molecule has 1 aliphatic heterocycles. The summed E-state index contributed by atoms with van der Waals surface area (Å²) in [6.45, 7) is 12.8. The van der Waals surface area contributed by atoms with Gasteiger partial charge < -0.3 is 15.3 Å². The number of nitrogens with one attached hydrogen (secondary N) is 1. The molecule has 0 saturated carbocycles. The molecule has 0 aromatic carbocycles. The van der Waals surface area contributed by atoms with E-state index >= 15 is 0 Å². The zero-order valence-corrected chi connectivity index (χ0v) is 13.4. The Morgan fingerprint density at radius 3 is 2.53 bits per heavy atom. The first kappa shape index (κ1) is 16.9. The van der Waals surface area contributed by atoms with Gasteiger partial charge in [-0.1, -0.05) is 20.8 Å². The summed E-state index contributed by atoms with van der Waals surface area (Å²) in [6.07, 6.45) is 5.74. The smallest absolute Gasteiger partial charge is 0.0613 e. The third kappa shape index (κ3) is 5.05. The molecule has 3 unspecified atom stereocenters. The van der Waals surface area contributed by atoms with Crippen LogP contribution in [0.1, 0.15) is 59.8 Å². The number of hydrogen-bond donors (Lipinski definition) is 2. The standard InChI is InChI=1S/C16H34N2O/c1-5-9-17-16(6-2,13-19)8-7-10-18-12-14(3)11-15(18)4/h14-15,17,19H,5-13H2,1-4H3. The molecule has 1 saturated heterocycles. The highest BCUT2D eigenvalue weighted by molar-refractivity contribution is 4.87. The fraction of sp³-hybridized carbons (Fsp3) is 1.00. The lowest BCUT2D eigenvalue weighted by Crippen LogP contribution is -2.48. The van der Waals surface area contributed by atoms with E-state index in [1.54, 1.807) is 0 Å². The first-order chi connectivity index (χ1) is 9.06. The highest BCUT2D eigenvalue weighted by Gasteiger charge is 2.28. The molecule has 3 nitrogen and oxygen atoms in total. The van der Waals surface area contributed by atoms with Crippen LogP contribution in [0.5, 0.6) is 0 Å². The predicted octanol–water partition coefficient (Wildman–Crippen LogP) is 2.64. The molecule has 0 aromatic rings. The summed E-state index contributed by atoms with van der Waals surface area (Å²) >= 11 is 0. The van der Waals surface area contributed by atoms with Gasteiger partial charge >= 0.3 is 0 Å². The van der Waals surface area contributed by atoms with Gasteiger partial charge in [0.05, 0.1) is 6.61 Å². The molecular weight excluding hydrogens is 236 g/mol. The van der Waals surface area contributed by atoms with Crippen LogP contribution in [0, 0.1) is 5.92 Å². The Balaban J connectivity index is 2.35. The molecule has 0 spiro atoms. The van der Waals surface area contributed by atoms with Crippen molar-refractivity contribution in [2.75, 3.05) is 26.2 Å². The van der Waals surface area contributed by atoms with E-state index in [2.05, 4.69) is 37.9 Å². The van der Waals surface area contributed by atoms with Crippen molar-refractivity contribution in [2.24, 2.45) is 5.92 Å². The summed E-state index contributed by atoms with van der Waals surface area (Å²) in [5.41, 5.74) is -0.0510. The summed E-state index contributed by atoms with van der Waals surface area (Å²) < 4.78 is 0. The number of nitrogens with zero attached hydrogens (tertiary/aromatic N) is 1. The van der Waals surface area contributed by atoms with E-state index in [1.807, 2.05) is 0 Å². The molecule has 19 heavy (non-hydrogen) atoms. The molecule has 1 rings (SSSR count). The Hall–Kier alpha value is -0.120. The van der Waals surface area contributed by atoms with Crippen LogP contribution in [0.3, 0.4) is 0 Å². The van der Waals surface area contributed by atoms with Crippen molar-refractivity contribution in [3.63, 3.8) is 0 Å². The van der Waals surface area contributed by atoms with Crippen molar-refractivity contribution in [2.45, 2.75) is 71.4 Å². The lowest BCUT2D eigenvalue weighted by atomic mass is 9.91. The van der Waals surface area contributed by atoms with Crippen molar-refractivity contribution in [1.82, 2.24) is 10.2 Å². The van der Waals surface area contributed by atoms with E-state index in [4.69, 9.17) is 0 Å². The largest absolute Gasteiger partial charge is 0.394 e. The Kier molecular flexibility index (Phi) is 7.33. The Morgan fingerprint density at radius 1 is 1.32 bits per heavy atom. The molecule has 0 aromatic heterocycles. The van der Waals surface area contributed by atoms with Gasteiger partial charge in [-0.2, -0.15) is 0 Å². The van der Waals surface area contributed by atoms with E-state index in [-0.39, 0.29) is 12.1 Å². The van der Waals surface area contributed by atoms with Crippen LogP contribution in [0.25, 0.3) is 0 Å². The average molecular weight is 270 g/mol. The summed E-state index contributed by atoms with van der Waals surface area (Å²) in [7, 11) is 0. The highest BCUT2D eigenvalue weighted by Crippen LogP contribution is 2.24. The van der Waals surface area contributed by atoms with Gasteiger partial charge in [0.15, 0.2) is 0 Å². The summed E-state index contributed by atoms with van der Waals surface area (Å²) in [6, 6.07) is 0.740. The van der Waals surface area contributed by atoms with Crippen molar-refractivity contribution >= 4 is 0 Å². The second kappa shape index (κ2) is 8.23. The molecule has 0 bridgehead atoms. The minimum atomic E-state index is -0.0510. The van der Waals surface area contributed by atoms with Gasteiger partial charge in [-0.3, -0.25) is 0 Å². The Labute approximate surface area is 119 Å². The molecule has 1 heterocycles. The maximum absolute atomic E-state index is 9.71. The van der Waals surface area contributed by atoms with Gasteiger partial charge in [-0.15, -0.1) is 0 Å². The van der Waals surface area contributed by atoms with E-state index in [1.165, 1.54) is 25.9 Å². The number of likely N-dealkylation sites (tertiary alicyclic amines) is 1. The van der Waals surface area contributed by atoms with Crippen LogP contribution >= 0.6 is 0 Å². The van der Waals surface area contributed by atoms with Gasteiger partial charge in [-0.05, 0) is 58.0 Å². The normalized spacial score (nSPS) is 27.6. The average Bonchev–Trinajstić information content (AvgIpc) is 2.72. The highest BCUT2D eigenvalue weighted by atomic mass is 16.3. The summed E-state index contributed by atoms with van der Waals surface area (Å²) in [5, 5.41) is 13.3. The van der Waals surface area contributed by atoms with Gasteiger partial charge in [0, 0.05) is 18.1 Å². The van der Waals surface area contributed by atoms with Crippen LogP contribution in [0.15, 0.2) is 0 Å². The zero-order chi connectivity index (χ0) is 14.3. The summed E-state index contributed by atoms with van der Waals surface area (Å²) in [5.74, 6) is 0.849. The van der Waals surface area contributed by atoms with Crippen molar-refractivity contribution in [3.8, 4) is 0 Å². The fourth-order valence-electron chi connectivity index (χ4n) is 3.35. The van der Waals surface area contributed by atoms with Gasteiger partial charge in [-0.25, -0.2) is 0 Å². The number of aliphatic hydroxyl groups is 1. The third-order valence-electron chi connectivity index (χ3n) is 4.74. The van der Waals surface area contributed by atoms with Gasteiger partial charge in [0.2, 0.25) is 0 Å². The Bertz CT molecular complexity index is 241. The number of rotatable bonds is 9. The molecule has 2 N–H and O–H groups in total. The van der Waals surface area contributed by atoms with E-state index in [0.29, 0.717) is 0 Å². The van der Waals surface area contributed by atoms with Crippen LogP contribution in [0.2, 0.25) is 0 Å². The molecule has 0 aliphatic carbocycles. The van der Waals surface area contributed by atoms with Crippen LogP contribution < -0.4 is 5.32 Å². The van der Waals surface area contributed by atoms with Crippen LogP contribution in [-0.4, -0.2) is 47.8 Å². The molecule has 0 radical (unpaired) electrons. The van der Waals surface area contributed by atoms with Gasteiger partial charge in [0.25, 0.3) is 0 Å². The molecule has 1 aliphatic rings. The SMILES string of the molecule is CCCNC(CC)(CO)CCCN1CC(C)CC1C. The minimum absolute atomic E-state index is 0.0510. The van der Waals surface area contributed by atoms with E-state index in [0.717, 1.165) is 37.8 Å². The maximum Gasteiger partial charge on any atom is 0.0613 e. The number of hydrogen-bond acceptors (Lipinski definition) is 3. The molecular formula is C16H34N2O. The maximum atomic E-state index is 9.71. The predicted molar refractivity (Wildman–Crippen MR) is 82.5 cm³/mol. The second-order valence-corrected chi connectivity index (χ2v) is 6.51. The van der Waals surface area contributed by atoms with E-state index < -0.39 is 0 Å². The molecule has 3 heteroatoms. The second-order valence-electron chi connectivity index (χ2n) is 6.51.